The quantitative estimate of drug-likeness (QED) is 0.893. The van der Waals surface area contributed by atoms with Gasteiger partial charge in [-0.25, -0.2) is 4.39 Å². The zero-order chi connectivity index (χ0) is 12.3. The Morgan fingerprint density at radius 2 is 2.24 bits per heavy atom. The number of hydrogen-bond acceptors (Lipinski definition) is 2. The van der Waals surface area contributed by atoms with Crippen LogP contribution in [0.2, 0.25) is 5.02 Å². The van der Waals surface area contributed by atoms with Crippen molar-refractivity contribution >= 4 is 11.6 Å². The smallest absolute Gasteiger partial charge is 0.142 e. The molecule has 90 valence electrons. The first kappa shape index (κ1) is 12.1. The molecule has 1 N–H and O–H groups in total. The maximum atomic E-state index is 13.2. The van der Waals surface area contributed by atoms with Crippen LogP contribution in [0.3, 0.4) is 0 Å². The van der Waals surface area contributed by atoms with Gasteiger partial charge in [0.05, 0.1) is 17.3 Å². The van der Waals surface area contributed by atoms with Gasteiger partial charge in [0.25, 0.3) is 0 Å². The number of halogens is 2. The number of nitrogens with one attached hydrogen (secondary N) is 1. The normalized spacial score (nSPS) is 12.6. The van der Waals surface area contributed by atoms with E-state index in [2.05, 4.69) is 5.32 Å². The minimum absolute atomic E-state index is 0.0868. The second-order valence-corrected chi connectivity index (χ2v) is 4.27. The molecule has 2 nitrogen and oxygen atoms in total. The lowest BCUT2D eigenvalue weighted by atomic mass is 10.2. The predicted molar refractivity (Wildman–Crippen MR) is 65.4 cm³/mol. The average molecular weight is 254 g/mol. The summed E-state index contributed by atoms with van der Waals surface area (Å²) in [4.78, 5) is 0. The maximum Gasteiger partial charge on any atom is 0.142 e. The predicted octanol–water partition coefficient (Wildman–Crippen LogP) is 3.92. The van der Waals surface area contributed by atoms with E-state index >= 15 is 0 Å². The Morgan fingerprint density at radius 3 is 2.88 bits per heavy atom. The molecule has 0 aliphatic carbocycles. The Morgan fingerprint density at radius 1 is 1.41 bits per heavy atom. The van der Waals surface area contributed by atoms with Gasteiger partial charge in [-0.1, -0.05) is 17.7 Å². The molecule has 0 aliphatic rings. The van der Waals surface area contributed by atoms with Gasteiger partial charge >= 0.3 is 0 Å². The lowest BCUT2D eigenvalue weighted by Crippen LogP contribution is -2.17. The number of rotatable bonds is 4. The maximum absolute atomic E-state index is 13.2. The second kappa shape index (κ2) is 5.34. The monoisotopic (exact) mass is 253 g/mol. The van der Waals surface area contributed by atoms with Crippen molar-refractivity contribution in [3.8, 4) is 0 Å². The van der Waals surface area contributed by atoms with Crippen LogP contribution in [0.25, 0.3) is 0 Å². The van der Waals surface area contributed by atoms with E-state index in [9.17, 15) is 4.39 Å². The zero-order valence-electron chi connectivity index (χ0n) is 9.41. The zero-order valence-corrected chi connectivity index (χ0v) is 10.2. The van der Waals surface area contributed by atoms with Crippen LogP contribution in [0.5, 0.6) is 0 Å². The molecule has 0 amide bonds. The number of benzene rings is 1. The molecule has 2 rings (SSSR count). The molecule has 0 aliphatic heterocycles. The standard InChI is InChI=1S/C13H13ClFNO/c1-9(13-3-2-6-17-13)16-8-10-4-5-11(14)12(15)7-10/h2-7,9,16H,8H2,1H3. The summed E-state index contributed by atoms with van der Waals surface area (Å²) in [6.07, 6.45) is 1.63. The molecule has 0 spiro atoms. The van der Waals surface area contributed by atoms with Gasteiger partial charge in [-0.3, -0.25) is 0 Å². The van der Waals surface area contributed by atoms with Crippen LogP contribution in [0.4, 0.5) is 4.39 Å². The van der Waals surface area contributed by atoms with Gasteiger partial charge in [0.2, 0.25) is 0 Å². The number of furan rings is 1. The summed E-state index contributed by atoms with van der Waals surface area (Å²) >= 11 is 5.61. The lowest BCUT2D eigenvalue weighted by molar-refractivity contribution is 0.430. The molecule has 4 heteroatoms. The van der Waals surface area contributed by atoms with Gasteiger partial charge < -0.3 is 9.73 Å². The van der Waals surface area contributed by atoms with E-state index in [-0.39, 0.29) is 11.1 Å². The summed E-state index contributed by atoms with van der Waals surface area (Å²) in [5.41, 5.74) is 0.852. The minimum Gasteiger partial charge on any atom is -0.468 e. The highest BCUT2D eigenvalue weighted by Crippen LogP contribution is 2.17. The molecule has 0 radical (unpaired) electrons. The van der Waals surface area contributed by atoms with E-state index in [0.717, 1.165) is 11.3 Å². The van der Waals surface area contributed by atoms with Gasteiger partial charge in [-0.2, -0.15) is 0 Å². The van der Waals surface area contributed by atoms with E-state index in [1.165, 1.54) is 6.07 Å². The molecule has 0 fully saturated rings. The molecule has 0 saturated carbocycles. The highest BCUT2D eigenvalue weighted by atomic mass is 35.5. The molecule has 0 saturated heterocycles. The van der Waals surface area contributed by atoms with Crippen LogP contribution in [0, 0.1) is 5.82 Å². The average Bonchev–Trinajstić information content (AvgIpc) is 2.84. The molecule has 17 heavy (non-hydrogen) atoms. The van der Waals surface area contributed by atoms with Crippen LogP contribution < -0.4 is 5.32 Å². The summed E-state index contributed by atoms with van der Waals surface area (Å²) in [7, 11) is 0. The van der Waals surface area contributed by atoms with Gasteiger partial charge in [0, 0.05) is 6.54 Å². The van der Waals surface area contributed by atoms with Gasteiger partial charge in [0.15, 0.2) is 0 Å². The third kappa shape index (κ3) is 3.08. The van der Waals surface area contributed by atoms with Crippen molar-refractivity contribution < 1.29 is 8.81 Å². The molecule has 1 heterocycles. The van der Waals surface area contributed by atoms with E-state index in [1.54, 1.807) is 18.4 Å². The summed E-state index contributed by atoms with van der Waals surface area (Å²) in [5.74, 6) is 0.469. The summed E-state index contributed by atoms with van der Waals surface area (Å²) in [6.45, 7) is 2.56. The van der Waals surface area contributed by atoms with Crippen LogP contribution >= 0.6 is 11.6 Å². The van der Waals surface area contributed by atoms with E-state index in [4.69, 9.17) is 16.0 Å². The van der Waals surface area contributed by atoms with Gasteiger partial charge in [0.1, 0.15) is 11.6 Å². The van der Waals surface area contributed by atoms with Gasteiger partial charge in [-0.15, -0.1) is 0 Å². The van der Waals surface area contributed by atoms with Crippen molar-refractivity contribution in [2.45, 2.75) is 19.5 Å². The van der Waals surface area contributed by atoms with Crippen molar-refractivity contribution in [3.05, 3.63) is 58.8 Å². The summed E-state index contributed by atoms with van der Waals surface area (Å²) < 4.78 is 18.5. The molecular weight excluding hydrogens is 241 g/mol. The van der Waals surface area contributed by atoms with E-state index < -0.39 is 5.82 Å². The van der Waals surface area contributed by atoms with Crippen molar-refractivity contribution in [1.29, 1.82) is 0 Å². The third-order valence-corrected chi connectivity index (χ3v) is 2.87. The topological polar surface area (TPSA) is 25.2 Å². The fourth-order valence-electron chi connectivity index (χ4n) is 1.56. The Bertz CT molecular complexity index is 484. The first-order valence-electron chi connectivity index (χ1n) is 5.37. The van der Waals surface area contributed by atoms with Gasteiger partial charge in [-0.05, 0) is 36.8 Å². The van der Waals surface area contributed by atoms with E-state index in [0.29, 0.717) is 6.54 Å². The van der Waals surface area contributed by atoms with Crippen LogP contribution in [0.1, 0.15) is 24.3 Å². The van der Waals surface area contributed by atoms with Crippen molar-refractivity contribution in [1.82, 2.24) is 5.32 Å². The fraction of sp³-hybridized carbons (Fsp3) is 0.231. The third-order valence-electron chi connectivity index (χ3n) is 2.57. The summed E-state index contributed by atoms with van der Waals surface area (Å²) in [5, 5.41) is 3.39. The summed E-state index contributed by atoms with van der Waals surface area (Å²) in [6, 6.07) is 8.63. The Hall–Kier alpha value is -1.32. The minimum atomic E-state index is -0.392. The highest BCUT2D eigenvalue weighted by Gasteiger charge is 2.08. The molecule has 0 bridgehead atoms. The molecule has 1 atom stereocenters. The first-order valence-corrected chi connectivity index (χ1v) is 5.75. The Balaban J connectivity index is 1.96. The van der Waals surface area contributed by atoms with Crippen LogP contribution in [-0.2, 0) is 6.54 Å². The largest absolute Gasteiger partial charge is 0.468 e. The lowest BCUT2D eigenvalue weighted by Gasteiger charge is -2.11. The van der Waals surface area contributed by atoms with Crippen molar-refractivity contribution in [3.63, 3.8) is 0 Å². The first-order chi connectivity index (χ1) is 8.16. The Kier molecular flexibility index (Phi) is 3.82. The molecule has 1 aromatic heterocycles. The van der Waals surface area contributed by atoms with E-state index in [1.807, 2.05) is 19.1 Å². The SMILES string of the molecule is CC(NCc1ccc(Cl)c(F)c1)c1ccco1. The van der Waals surface area contributed by atoms with Crippen LogP contribution in [-0.4, -0.2) is 0 Å². The molecule has 1 aromatic carbocycles. The van der Waals surface area contributed by atoms with Crippen LogP contribution in [0.15, 0.2) is 41.0 Å². The Labute approximate surface area is 104 Å². The number of hydrogen-bond donors (Lipinski definition) is 1. The molecule has 2 aromatic rings. The molecule has 1 unspecified atom stereocenters. The molecular formula is C13H13ClFNO. The van der Waals surface area contributed by atoms with Crippen molar-refractivity contribution in [2.24, 2.45) is 0 Å². The van der Waals surface area contributed by atoms with Crippen molar-refractivity contribution in [2.75, 3.05) is 0 Å². The highest BCUT2D eigenvalue weighted by molar-refractivity contribution is 6.30. The fourth-order valence-corrected chi connectivity index (χ4v) is 1.68. The second-order valence-electron chi connectivity index (χ2n) is 3.87.